The first-order valence-electron chi connectivity index (χ1n) is 9.83. The Morgan fingerprint density at radius 3 is 2.52 bits per heavy atom. The minimum atomic E-state index is 0.274. The van der Waals surface area contributed by atoms with E-state index in [2.05, 4.69) is 58.8 Å². The van der Waals surface area contributed by atoms with Crippen LogP contribution in [0.2, 0.25) is 0 Å². The summed E-state index contributed by atoms with van der Waals surface area (Å²) in [7, 11) is 0. The molecule has 0 amide bonds. The van der Waals surface area contributed by atoms with Crippen molar-refractivity contribution in [3.8, 4) is 5.75 Å². The second-order valence-corrected chi connectivity index (χ2v) is 6.50. The lowest BCUT2D eigenvalue weighted by atomic mass is 9.96. The second kappa shape index (κ2) is 9.77. The predicted molar refractivity (Wildman–Crippen MR) is 112 cm³/mol. The monoisotopic (exact) mass is 360 g/mol. The molecular weight excluding hydrogens is 332 g/mol. The molecule has 2 heterocycles. The minimum absolute atomic E-state index is 0.274. The van der Waals surface area contributed by atoms with Crippen molar-refractivity contribution < 1.29 is 4.74 Å². The van der Waals surface area contributed by atoms with Gasteiger partial charge in [-0.25, -0.2) is 0 Å². The van der Waals surface area contributed by atoms with Gasteiger partial charge in [-0.3, -0.25) is 4.98 Å². The van der Waals surface area contributed by atoms with Gasteiger partial charge in [0.05, 0.1) is 0 Å². The molecule has 0 saturated heterocycles. The van der Waals surface area contributed by atoms with E-state index in [4.69, 9.17) is 4.74 Å². The molecule has 1 unspecified atom stereocenters. The molecule has 0 aliphatic carbocycles. The summed E-state index contributed by atoms with van der Waals surface area (Å²) in [6.45, 7) is 4.81. The largest absolute Gasteiger partial charge is 0.490 e. The van der Waals surface area contributed by atoms with Crippen molar-refractivity contribution in [1.29, 1.82) is 0 Å². The van der Waals surface area contributed by atoms with E-state index in [1.165, 1.54) is 16.7 Å². The molecule has 1 aliphatic heterocycles. The van der Waals surface area contributed by atoms with Crippen LogP contribution < -0.4 is 10.1 Å². The van der Waals surface area contributed by atoms with Crippen molar-refractivity contribution in [3.05, 3.63) is 89.7 Å². The third kappa shape index (κ3) is 5.33. The van der Waals surface area contributed by atoms with Gasteiger partial charge in [-0.15, -0.1) is 0 Å². The Morgan fingerprint density at radius 1 is 0.963 bits per heavy atom. The van der Waals surface area contributed by atoms with Crippen LogP contribution in [0.3, 0.4) is 0 Å². The molecule has 1 aliphatic rings. The SMILES string of the molecule is CC.c1ccc(CC2CCc3cc(CNc4ccncc4)ccc3O2)cc1. The summed E-state index contributed by atoms with van der Waals surface area (Å²) >= 11 is 0. The molecule has 0 fully saturated rings. The smallest absolute Gasteiger partial charge is 0.122 e. The van der Waals surface area contributed by atoms with Crippen LogP contribution in [0.1, 0.15) is 37.0 Å². The highest BCUT2D eigenvalue weighted by atomic mass is 16.5. The van der Waals surface area contributed by atoms with Gasteiger partial charge in [0.25, 0.3) is 0 Å². The molecule has 1 aromatic heterocycles. The van der Waals surface area contributed by atoms with E-state index in [-0.39, 0.29) is 6.10 Å². The van der Waals surface area contributed by atoms with Gasteiger partial charge < -0.3 is 10.1 Å². The molecule has 4 rings (SSSR count). The van der Waals surface area contributed by atoms with Crippen LogP contribution in [-0.4, -0.2) is 11.1 Å². The molecule has 3 aromatic rings. The number of ether oxygens (including phenoxy) is 1. The van der Waals surface area contributed by atoms with Gasteiger partial charge in [0, 0.05) is 31.0 Å². The standard InChI is InChI=1S/C22H22N2O.C2H6/c1-2-4-17(5-3-1)15-21-8-7-19-14-18(6-9-22(19)25-21)16-24-20-10-12-23-13-11-20;1-2/h1-6,9-14,21H,7-8,15-16H2,(H,23,24);1-2H3. The second-order valence-electron chi connectivity index (χ2n) is 6.50. The highest BCUT2D eigenvalue weighted by molar-refractivity contribution is 5.44. The fourth-order valence-corrected chi connectivity index (χ4v) is 3.30. The van der Waals surface area contributed by atoms with Gasteiger partial charge >= 0.3 is 0 Å². The van der Waals surface area contributed by atoms with Crippen molar-refractivity contribution in [2.24, 2.45) is 0 Å². The van der Waals surface area contributed by atoms with Crippen LogP contribution in [0.25, 0.3) is 0 Å². The molecule has 2 aromatic carbocycles. The number of benzene rings is 2. The Bertz CT molecular complexity index is 818. The number of hydrogen-bond donors (Lipinski definition) is 1. The van der Waals surface area contributed by atoms with Crippen molar-refractivity contribution >= 4 is 5.69 Å². The lowest BCUT2D eigenvalue weighted by Gasteiger charge is -2.26. The van der Waals surface area contributed by atoms with Crippen LogP contribution in [0.4, 0.5) is 5.69 Å². The summed E-state index contributed by atoms with van der Waals surface area (Å²) in [5, 5.41) is 3.43. The molecule has 140 valence electrons. The quantitative estimate of drug-likeness (QED) is 0.638. The Labute approximate surface area is 162 Å². The van der Waals surface area contributed by atoms with Crippen molar-refractivity contribution in [1.82, 2.24) is 4.98 Å². The number of aryl methyl sites for hydroxylation is 1. The first-order valence-corrected chi connectivity index (χ1v) is 9.83. The Morgan fingerprint density at radius 2 is 1.74 bits per heavy atom. The predicted octanol–water partition coefficient (Wildman–Crippen LogP) is 5.66. The van der Waals surface area contributed by atoms with Gasteiger partial charge in [-0.05, 0) is 47.7 Å². The summed E-state index contributed by atoms with van der Waals surface area (Å²) in [5.74, 6) is 1.04. The Balaban J connectivity index is 0.00000102. The van der Waals surface area contributed by atoms with Crippen molar-refractivity contribution in [2.45, 2.75) is 45.8 Å². The molecule has 27 heavy (non-hydrogen) atoms. The zero-order valence-electron chi connectivity index (χ0n) is 16.2. The lowest BCUT2D eigenvalue weighted by molar-refractivity contribution is 0.174. The zero-order chi connectivity index (χ0) is 18.9. The molecule has 0 spiro atoms. The maximum atomic E-state index is 6.22. The normalized spacial score (nSPS) is 15.0. The van der Waals surface area contributed by atoms with Crippen LogP contribution >= 0.6 is 0 Å². The number of aromatic nitrogens is 1. The third-order valence-corrected chi connectivity index (χ3v) is 4.64. The maximum Gasteiger partial charge on any atom is 0.122 e. The van der Waals surface area contributed by atoms with Gasteiger partial charge in [-0.1, -0.05) is 56.3 Å². The summed E-state index contributed by atoms with van der Waals surface area (Å²) < 4.78 is 6.22. The average molecular weight is 361 g/mol. The molecular formula is C24H28N2O. The number of anilines is 1. The fraction of sp³-hybridized carbons (Fsp3) is 0.292. The Kier molecular flexibility index (Phi) is 6.86. The molecule has 0 saturated carbocycles. The van der Waals surface area contributed by atoms with Crippen LogP contribution in [0.5, 0.6) is 5.75 Å². The first kappa shape index (κ1) is 19.0. The molecule has 1 atom stereocenters. The fourth-order valence-electron chi connectivity index (χ4n) is 3.30. The van der Waals surface area contributed by atoms with Gasteiger partial charge in [0.15, 0.2) is 0 Å². The van der Waals surface area contributed by atoms with E-state index in [0.717, 1.165) is 37.2 Å². The molecule has 3 heteroatoms. The van der Waals surface area contributed by atoms with Crippen molar-refractivity contribution in [3.63, 3.8) is 0 Å². The summed E-state index contributed by atoms with van der Waals surface area (Å²) in [6, 6.07) is 21.1. The first-order chi connectivity index (χ1) is 13.4. The van der Waals surface area contributed by atoms with Crippen LogP contribution in [0, 0.1) is 0 Å². The molecule has 0 bridgehead atoms. The summed E-state index contributed by atoms with van der Waals surface area (Å²) in [4.78, 5) is 4.04. The number of fused-ring (bicyclic) bond motifs is 1. The summed E-state index contributed by atoms with van der Waals surface area (Å²) in [6.07, 6.45) is 7.01. The maximum absolute atomic E-state index is 6.22. The summed E-state index contributed by atoms with van der Waals surface area (Å²) in [5.41, 5.74) is 5.03. The average Bonchev–Trinajstić information content (AvgIpc) is 2.75. The molecule has 3 nitrogen and oxygen atoms in total. The van der Waals surface area contributed by atoms with Gasteiger partial charge in [0.2, 0.25) is 0 Å². The Hall–Kier alpha value is -2.81. The number of pyridine rings is 1. The van der Waals surface area contributed by atoms with Gasteiger partial charge in [-0.2, -0.15) is 0 Å². The van der Waals surface area contributed by atoms with E-state index in [9.17, 15) is 0 Å². The highest BCUT2D eigenvalue weighted by Gasteiger charge is 2.20. The zero-order valence-corrected chi connectivity index (χ0v) is 16.2. The van der Waals surface area contributed by atoms with E-state index >= 15 is 0 Å². The minimum Gasteiger partial charge on any atom is -0.490 e. The van der Waals surface area contributed by atoms with Crippen molar-refractivity contribution in [2.75, 3.05) is 5.32 Å². The van der Waals surface area contributed by atoms with E-state index in [1.807, 2.05) is 26.0 Å². The topological polar surface area (TPSA) is 34.2 Å². The number of rotatable bonds is 5. The van der Waals surface area contributed by atoms with Crippen LogP contribution in [0.15, 0.2) is 73.1 Å². The third-order valence-electron chi connectivity index (χ3n) is 4.64. The van der Waals surface area contributed by atoms with Crippen LogP contribution in [-0.2, 0) is 19.4 Å². The van der Waals surface area contributed by atoms with E-state index < -0.39 is 0 Å². The van der Waals surface area contributed by atoms with Gasteiger partial charge in [0.1, 0.15) is 11.9 Å². The number of hydrogen-bond acceptors (Lipinski definition) is 3. The van der Waals surface area contributed by atoms with E-state index in [1.54, 1.807) is 12.4 Å². The van der Waals surface area contributed by atoms with E-state index in [0.29, 0.717) is 0 Å². The number of nitrogens with zero attached hydrogens (tertiary/aromatic N) is 1. The highest BCUT2D eigenvalue weighted by Crippen LogP contribution is 2.30. The molecule has 0 radical (unpaired) electrons. The molecule has 1 N–H and O–H groups in total. The number of nitrogens with one attached hydrogen (secondary N) is 1. The lowest BCUT2D eigenvalue weighted by Crippen LogP contribution is -2.25.